The van der Waals surface area contributed by atoms with Crippen molar-refractivity contribution in [3.8, 4) is 0 Å². The van der Waals surface area contributed by atoms with Crippen LogP contribution in [-0.2, 0) is 14.6 Å². The molecule has 10 heteroatoms. The van der Waals surface area contributed by atoms with Crippen LogP contribution in [0.1, 0.15) is 23.2 Å². The van der Waals surface area contributed by atoms with Crippen LogP contribution in [0, 0.1) is 5.82 Å². The van der Waals surface area contributed by atoms with E-state index in [1.54, 1.807) is 0 Å². The highest BCUT2D eigenvalue weighted by molar-refractivity contribution is 7.91. The molecule has 0 unspecified atom stereocenters. The second kappa shape index (κ2) is 7.63. The van der Waals surface area contributed by atoms with Crippen LogP contribution in [0.3, 0.4) is 0 Å². The average molecular weight is 412 g/mol. The number of carbonyl (C=O) groups excluding carboxylic acids is 2. The first-order chi connectivity index (χ1) is 13.2. The Balaban J connectivity index is 1.74. The molecule has 0 aromatic heterocycles. The van der Waals surface area contributed by atoms with E-state index in [1.165, 1.54) is 17.0 Å². The van der Waals surface area contributed by atoms with Gasteiger partial charge >= 0.3 is 5.76 Å². The van der Waals surface area contributed by atoms with Gasteiger partial charge in [-0.1, -0.05) is 0 Å². The van der Waals surface area contributed by atoms with Crippen LogP contribution in [0.2, 0.25) is 0 Å². The van der Waals surface area contributed by atoms with Gasteiger partial charge in [0.15, 0.2) is 0 Å². The van der Waals surface area contributed by atoms with Gasteiger partial charge in [0.2, 0.25) is 15.7 Å². The van der Waals surface area contributed by atoms with Gasteiger partial charge in [0.25, 0.3) is 5.91 Å². The predicted molar refractivity (Wildman–Crippen MR) is 95.6 cm³/mol. The highest BCUT2D eigenvalue weighted by atomic mass is 32.2. The molecule has 1 aliphatic heterocycles. The predicted octanol–water partition coefficient (Wildman–Crippen LogP) is 3.20. The van der Waals surface area contributed by atoms with Crippen LogP contribution in [0.15, 0.2) is 47.4 Å². The minimum absolute atomic E-state index is 0.00687. The molecular formula is C18H15F3N2O4S. The number of nitrogens with zero attached hydrogens (tertiary/aromatic N) is 1. The maximum Gasteiger partial charge on any atom is 0.341 e. The van der Waals surface area contributed by atoms with Crippen LogP contribution < -0.4 is 10.2 Å². The molecule has 3 rings (SSSR count). The number of nitrogens with one attached hydrogen (secondary N) is 1. The van der Waals surface area contributed by atoms with Gasteiger partial charge in [-0.15, -0.1) is 0 Å². The smallest absolute Gasteiger partial charge is 0.322 e. The molecule has 1 N–H and O–H groups in total. The van der Waals surface area contributed by atoms with E-state index in [1.807, 2.05) is 0 Å². The quantitative estimate of drug-likeness (QED) is 0.818. The standard InChI is InChI=1S/C18H15F3N2O4S/c19-14-10-12(5-8-15(14)23-9-1-2-16(23)24)22-17(25)11-3-6-13(7-4-11)28(26,27)18(20)21/h3-8,10,18H,1-2,9H2,(H,22,25). The van der Waals surface area contributed by atoms with E-state index in [2.05, 4.69) is 5.32 Å². The van der Waals surface area contributed by atoms with Crippen molar-refractivity contribution in [2.75, 3.05) is 16.8 Å². The molecule has 1 heterocycles. The second-order valence-corrected chi connectivity index (χ2v) is 8.02. The lowest BCUT2D eigenvalue weighted by atomic mass is 10.2. The monoisotopic (exact) mass is 412 g/mol. The third-order valence-corrected chi connectivity index (χ3v) is 5.65. The van der Waals surface area contributed by atoms with E-state index in [4.69, 9.17) is 0 Å². The number of carbonyl (C=O) groups is 2. The molecule has 2 aromatic rings. The third-order valence-electron chi connectivity index (χ3n) is 4.25. The first-order valence-corrected chi connectivity index (χ1v) is 9.78. The van der Waals surface area contributed by atoms with Gasteiger partial charge in [-0.25, -0.2) is 12.8 Å². The summed E-state index contributed by atoms with van der Waals surface area (Å²) in [5.74, 6) is -5.08. The van der Waals surface area contributed by atoms with Crippen molar-refractivity contribution >= 4 is 33.0 Å². The van der Waals surface area contributed by atoms with Crippen LogP contribution in [0.4, 0.5) is 24.5 Å². The molecule has 0 spiro atoms. The van der Waals surface area contributed by atoms with Crippen molar-refractivity contribution in [1.29, 1.82) is 0 Å². The molecule has 6 nitrogen and oxygen atoms in total. The Morgan fingerprint density at radius 2 is 1.79 bits per heavy atom. The van der Waals surface area contributed by atoms with Gasteiger partial charge < -0.3 is 10.2 Å². The summed E-state index contributed by atoms with van der Waals surface area (Å²) in [7, 11) is -4.75. The number of hydrogen-bond donors (Lipinski definition) is 1. The molecular weight excluding hydrogens is 397 g/mol. The van der Waals surface area contributed by atoms with Crippen LogP contribution in [0.25, 0.3) is 0 Å². The van der Waals surface area contributed by atoms with Crippen LogP contribution in [-0.4, -0.2) is 32.5 Å². The summed E-state index contributed by atoms with van der Waals surface area (Å²) in [5.41, 5.74) is 0.261. The van der Waals surface area contributed by atoms with Gasteiger partial charge in [0.05, 0.1) is 10.6 Å². The normalized spacial score (nSPS) is 14.6. The van der Waals surface area contributed by atoms with Crippen molar-refractivity contribution in [1.82, 2.24) is 0 Å². The molecule has 2 aromatic carbocycles. The number of hydrogen-bond acceptors (Lipinski definition) is 4. The minimum Gasteiger partial charge on any atom is -0.322 e. The number of alkyl halides is 2. The van der Waals surface area contributed by atoms with E-state index in [0.29, 0.717) is 19.4 Å². The highest BCUT2D eigenvalue weighted by Crippen LogP contribution is 2.27. The van der Waals surface area contributed by atoms with Gasteiger partial charge in [0.1, 0.15) is 5.82 Å². The fraction of sp³-hybridized carbons (Fsp3) is 0.222. The summed E-state index contributed by atoms with van der Waals surface area (Å²) in [6.45, 7) is 0.426. The fourth-order valence-corrected chi connectivity index (χ4v) is 3.53. The molecule has 1 fully saturated rings. The van der Waals surface area contributed by atoms with E-state index in [-0.39, 0.29) is 22.8 Å². The Morgan fingerprint density at radius 1 is 1.11 bits per heavy atom. The van der Waals surface area contributed by atoms with Gasteiger partial charge in [-0.2, -0.15) is 8.78 Å². The maximum atomic E-state index is 14.3. The zero-order valence-corrected chi connectivity index (χ0v) is 15.2. The van der Waals surface area contributed by atoms with Crippen molar-refractivity contribution in [2.24, 2.45) is 0 Å². The van der Waals surface area contributed by atoms with Crippen LogP contribution in [0.5, 0.6) is 0 Å². The molecule has 1 saturated heterocycles. The van der Waals surface area contributed by atoms with Crippen molar-refractivity contribution in [3.05, 3.63) is 53.8 Å². The Bertz CT molecular complexity index is 1020. The summed E-state index contributed by atoms with van der Waals surface area (Å²) in [4.78, 5) is 24.7. The molecule has 148 valence electrons. The first-order valence-electron chi connectivity index (χ1n) is 8.23. The fourth-order valence-electron chi connectivity index (χ4n) is 2.81. The third kappa shape index (κ3) is 3.86. The molecule has 2 amide bonds. The van der Waals surface area contributed by atoms with Crippen LogP contribution >= 0.6 is 0 Å². The summed E-state index contributed by atoms with van der Waals surface area (Å²) in [6, 6.07) is 7.84. The lowest BCUT2D eigenvalue weighted by Gasteiger charge is -2.17. The lowest BCUT2D eigenvalue weighted by molar-refractivity contribution is -0.117. The molecule has 28 heavy (non-hydrogen) atoms. The number of benzene rings is 2. The molecule has 0 saturated carbocycles. The van der Waals surface area contributed by atoms with Crippen molar-refractivity contribution in [2.45, 2.75) is 23.5 Å². The van der Waals surface area contributed by atoms with E-state index < -0.39 is 32.2 Å². The Kier molecular flexibility index (Phi) is 5.41. The van der Waals surface area contributed by atoms with Gasteiger partial charge in [-0.05, 0) is 48.9 Å². The molecule has 1 aliphatic rings. The van der Waals surface area contributed by atoms with E-state index in [0.717, 1.165) is 30.3 Å². The number of amides is 2. The number of halogens is 3. The van der Waals surface area contributed by atoms with Crippen molar-refractivity contribution < 1.29 is 31.2 Å². The van der Waals surface area contributed by atoms with E-state index in [9.17, 15) is 31.2 Å². The molecule has 0 aliphatic carbocycles. The molecule has 0 bridgehead atoms. The Labute approximate surface area is 158 Å². The number of rotatable bonds is 5. The molecule has 0 atom stereocenters. The second-order valence-electron chi connectivity index (χ2n) is 6.10. The average Bonchev–Trinajstić information content (AvgIpc) is 3.07. The minimum atomic E-state index is -4.75. The summed E-state index contributed by atoms with van der Waals surface area (Å²) in [5, 5.41) is 2.43. The van der Waals surface area contributed by atoms with Crippen molar-refractivity contribution in [3.63, 3.8) is 0 Å². The molecule has 0 radical (unpaired) electrons. The largest absolute Gasteiger partial charge is 0.341 e. The lowest BCUT2D eigenvalue weighted by Crippen LogP contribution is -2.24. The topological polar surface area (TPSA) is 83.6 Å². The van der Waals surface area contributed by atoms with E-state index >= 15 is 0 Å². The zero-order chi connectivity index (χ0) is 20.5. The van der Waals surface area contributed by atoms with Gasteiger partial charge in [0, 0.05) is 24.2 Å². The Hall–Kier alpha value is -2.88. The first kappa shape index (κ1) is 19.9. The highest BCUT2D eigenvalue weighted by Gasteiger charge is 2.27. The Morgan fingerprint density at radius 3 is 2.32 bits per heavy atom. The summed E-state index contributed by atoms with van der Waals surface area (Å²) < 4.78 is 62.1. The number of sulfone groups is 1. The maximum absolute atomic E-state index is 14.3. The summed E-state index contributed by atoms with van der Waals surface area (Å²) in [6.07, 6.45) is 1.00. The summed E-state index contributed by atoms with van der Waals surface area (Å²) >= 11 is 0. The SMILES string of the molecule is O=C(Nc1ccc(N2CCCC2=O)c(F)c1)c1ccc(S(=O)(=O)C(F)F)cc1. The number of anilines is 2. The zero-order valence-electron chi connectivity index (χ0n) is 14.4. The van der Waals surface area contributed by atoms with Gasteiger partial charge in [-0.3, -0.25) is 9.59 Å².